The molecule has 0 saturated carbocycles. The zero-order chi connectivity index (χ0) is 24.7. The van der Waals surface area contributed by atoms with Crippen molar-refractivity contribution in [3.63, 3.8) is 0 Å². The minimum Gasteiger partial charge on any atom is -0.494 e. The number of carbonyl (C=O) groups is 1. The SMILES string of the molecule is CN(Cc1cccc(OCC[C@H]2CCCCN2C(=O)c2ccoc2)c1)Cc1cccc2cccnc12. The largest absolute Gasteiger partial charge is 0.494 e. The Balaban J connectivity index is 1.15. The van der Waals surface area contributed by atoms with Crippen LogP contribution in [-0.4, -0.2) is 46.9 Å². The fraction of sp³-hybridized carbons (Fsp3) is 0.333. The van der Waals surface area contributed by atoms with Gasteiger partial charge in [-0.05, 0) is 61.7 Å². The van der Waals surface area contributed by atoms with Gasteiger partial charge in [0.1, 0.15) is 12.0 Å². The molecule has 1 amide bonds. The molecule has 2 aromatic carbocycles. The number of hydrogen-bond acceptors (Lipinski definition) is 5. The van der Waals surface area contributed by atoms with Crippen LogP contribution >= 0.6 is 0 Å². The summed E-state index contributed by atoms with van der Waals surface area (Å²) in [5.41, 5.74) is 4.12. The molecule has 0 bridgehead atoms. The van der Waals surface area contributed by atoms with Gasteiger partial charge >= 0.3 is 0 Å². The third-order valence-corrected chi connectivity index (χ3v) is 6.88. The number of pyridine rings is 1. The van der Waals surface area contributed by atoms with Crippen molar-refractivity contribution in [3.8, 4) is 5.75 Å². The van der Waals surface area contributed by atoms with Crippen molar-refractivity contribution in [2.24, 2.45) is 0 Å². The Kier molecular flexibility index (Phi) is 7.62. The van der Waals surface area contributed by atoms with Crippen molar-refractivity contribution in [3.05, 3.63) is 96.1 Å². The highest BCUT2D eigenvalue weighted by molar-refractivity contribution is 5.94. The van der Waals surface area contributed by atoms with E-state index in [0.717, 1.165) is 56.6 Å². The maximum Gasteiger partial charge on any atom is 0.257 e. The molecule has 2 aromatic heterocycles. The highest BCUT2D eigenvalue weighted by Crippen LogP contribution is 2.24. The lowest BCUT2D eigenvalue weighted by Crippen LogP contribution is -2.44. The third kappa shape index (κ3) is 5.77. The van der Waals surface area contributed by atoms with E-state index in [4.69, 9.17) is 9.15 Å². The number of nitrogens with zero attached hydrogens (tertiary/aromatic N) is 3. The van der Waals surface area contributed by atoms with Crippen molar-refractivity contribution in [2.45, 2.75) is 44.8 Å². The average molecular weight is 484 g/mol. The first-order valence-electron chi connectivity index (χ1n) is 12.7. The van der Waals surface area contributed by atoms with Crippen LogP contribution in [-0.2, 0) is 13.1 Å². The van der Waals surface area contributed by atoms with E-state index in [0.29, 0.717) is 12.2 Å². The second kappa shape index (κ2) is 11.4. The fourth-order valence-corrected chi connectivity index (χ4v) is 5.12. The Morgan fingerprint density at radius 1 is 1.11 bits per heavy atom. The maximum atomic E-state index is 12.9. The quantitative estimate of drug-likeness (QED) is 0.296. The zero-order valence-corrected chi connectivity index (χ0v) is 20.8. The Bertz CT molecular complexity index is 1280. The topological polar surface area (TPSA) is 58.8 Å². The van der Waals surface area contributed by atoms with Crippen molar-refractivity contribution < 1.29 is 13.9 Å². The van der Waals surface area contributed by atoms with Gasteiger partial charge in [0.25, 0.3) is 5.91 Å². The molecule has 0 aliphatic carbocycles. The predicted molar refractivity (Wildman–Crippen MR) is 141 cm³/mol. The van der Waals surface area contributed by atoms with Crippen molar-refractivity contribution in [1.29, 1.82) is 0 Å². The number of carbonyl (C=O) groups excluding carboxylic acids is 1. The Labute approximate surface area is 212 Å². The maximum absolute atomic E-state index is 12.9. The summed E-state index contributed by atoms with van der Waals surface area (Å²) in [5.74, 6) is 0.927. The van der Waals surface area contributed by atoms with Gasteiger partial charge in [-0.15, -0.1) is 0 Å². The van der Waals surface area contributed by atoms with E-state index in [9.17, 15) is 4.79 Å². The van der Waals surface area contributed by atoms with Gasteiger partial charge in [-0.2, -0.15) is 0 Å². The second-order valence-electron chi connectivity index (χ2n) is 9.61. The molecule has 1 saturated heterocycles. The van der Waals surface area contributed by atoms with Crippen LogP contribution in [0.25, 0.3) is 10.9 Å². The molecule has 0 unspecified atom stereocenters. The molecule has 4 aromatic rings. The summed E-state index contributed by atoms with van der Waals surface area (Å²) < 4.78 is 11.3. The Hall–Kier alpha value is -3.64. The lowest BCUT2D eigenvalue weighted by molar-refractivity contribution is 0.0580. The van der Waals surface area contributed by atoms with Gasteiger partial charge in [0.15, 0.2) is 0 Å². The molecule has 1 aliphatic heterocycles. The number of amides is 1. The molecule has 6 heteroatoms. The number of hydrogen-bond donors (Lipinski definition) is 0. The van der Waals surface area contributed by atoms with E-state index < -0.39 is 0 Å². The highest BCUT2D eigenvalue weighted by Gasteiger charge is 2.27. The minimum atomic E-state index is 0.0554. The van der Waals surface area contributed by atoms with Gasteiger partial charge in [-0.1, -0.05) is 36.4 Å². The van der Waals surface area contributed by atoms with Gasteiger partial charge in [0.2, 0.25) is 0 Å². The third-order valence-electron chi connectivity index (χ3n) is 6.88. The number of likely N-dealkylation sites (tertiary alicyclic amines) is 1. The lowest BCUT2D eigenvalue weighted by Gasteiger charge is -2.35. The van der Waals surface area contributed by atoms with Crippen LogP contribution in [0.15, 0.2) is 83.8 Å². The van der Waals surface area contributed by atoms with E-state index in [1.807, 2.05) is 29.3 Å². The first-order valence-corrected chi connectivity index (χ1v) is 12.7. The molecule has 0 spiro atoms. The number of benzene rings is 2. The number of rotatable bonds is 9. The standard InChI is InChI=1S/C30H33N3O3/c1-32(21-25-9-5-8-24-10-6-15-31-29(24)25)20-23-7-4-12-28(19-23)36-18-14-27-11-2-3-16-33(27)30(34)26-13-17-35-22-26/h4-10,12-13,15,17,19,22,27H,2-3,11,14,16,18,20-21H2,1H3/t27-/m1/s1. The second-order valence-corrected chi connectivity index (χ2v) is 9.61. The van der Waals surface area contributed by atoms with E-state index >= 15 is 0 Å². The summed E-state index contributed by atoms with van der Waals surface area (Å²) in [7, 11) is 2.13. The van der Waals surface area contributed by atoms with Crippen LogP contribution < -0.4 is 4.74 Å². The molecule has 3 heterocycles. The van der Waals surface area contributed by atoms with E-state index in [1.54, 1.807) is 12.3 Å². The monoisotopic (exact) mass is 483 g/mol. The van der Waals surface area contributed by atoms with Crippen LogP contribution in [0, 0.1) is 0 Å². The van der Waals surface area contributed by atoms with Gasteiger partial charge in [0.05, 0.1) is 24.0 Å². The number of aromatic nitrogens is 1. The average Bonchev–Trinajstić information content (AvgIpc) is 3.44. The van der Waals surface area contributed by atoms with E-state index in [-0.39, 0.29) is 11.9 Å². The van der Waals surface area contributed by atoms with Crippen molar-refractivity contribution in [1.82, 2.24) is 14.8 Å². The molecule has 1 atom stereocenters. The molecule has 1 fully saturated rings. The van der Waals surface area contributed by atoms with Crippen LogP contribution in [0.5, 0.6) is 5.75 Å². The Morgan fingerprint density at radius 2 is 2.00 bits per heavy atom. The smallest absolute Gasteiger partial charge is 0.257 e. The first kappa shape index (κ1) is 24.1. The summed E-state index contributed by atoms with van der Waals surface area (Å²) in [5, 5.41) is 1.17. The fourth-order valence-electron chi connectivity index (χ4n) is 5.12. The molecular formula is C30H33N3O3. The van der Waals surface area contributed by atoms with Gasteiger partial charge in [0, 0.05) is 43.7 Å². The molecule has 36 heavy (non-hydrogen) atoms. The number of piperidine rings is 1. The van der Waals surface area contributed by atoms with Crippen molar-refractivity contribution >= 4 is 16.8 Å². The molecule has 186 valence electrons. The molecular weight excluding hydrogens is 450 g/mol. The number of ether oxygens (including phenoxy) is 1. The number of furan rings is 1. The van der Waals surface area contributed by atoms with Gasteiger partial charge in [-0.3, -0.25) is 14.7 Å². The van der Waals surface area contributed by atoms with Gasteiger partial charge in [-0.25, -0.2) is 0 Å². The summed E-state index contributed by atoms with van der Waals surface area (Å²) in [6, 6.07) is 20.7. The molecule has 0 N–H and O–H groups in total. The minimum absolute atomic E-state index is 0.0554. The Morgan fingerprint density at radius 3 is 2.89 bits per heavy atom. The van der Waals surface area contributed by atoms with Crippen LogP contribution in [0.4, 0.5) is 0 Å². The van der Waals surface area contributed by atoms with E-state index in [2.05, 4.69) is 53.3 Å². The van der Waals surface area contributed by atoms with Gasteiger partial charge < -0.3 is 14.1 Å². The molecule has 1 aliphatic rings. The van der Waals surface area contributed by atoms with Crippen LogP contribution in [0.3, 0.4) is 0 Å². The molecule has 6 nitrogen and oxygen atoms in total. The lowest BCUT2D eigenvalue weighted by atomic mass is 9.99. The summed E-state index contributed by atoms with van der Waals surface area (Å²) in [6.07, 6.45) is 8.97. The van der Waals surface area contributed by atoms with Crippen LogP contribution in [0.2, 0.25) is 0 Å². The first-order chi connectivity index (χ1) is 17.7. The number of para-hydroxylation sites is 1. The predicted octanol–water partition coefficient (Wildman–Crippen LogP) is 5.92. The van der Waals surface area contributed by atoms with E-state index in [1.165, 1.54) is 22.8 Å². The van der Waals surface area contributed by atoms with Crippen molar-refractivity contribution in [2.75, 3.05) is 20.2 Å². The summed E-state index contributed by atoms with van der Waals surface area (Å²) in [4.78, 5) is 21.7. The summed E-state index contributed by atoms with van der Waals surface area (Å²) in [6.45, 7) is 3.02. The molecule has 0 radical (unpaired) electrons. The molecule has 5 rings (SSSR count). The summed E-state index contributed by atoms with van der Waals surface area (Å²) >= 11 is 0. The highest BCUT2D eigenvalue weighted by atomic mass is 16.5. The number of fused-ring (bicyclic) bond motifs is 1. The zero-order valence-electron chi connectivity index (χ0n) is 20.8. The normalized spacial score (nSPS) is 15.9. The van der Waals surface area contributed by atoms with Crippen LogP contribution in [0.1, 0.15) is 47.2 Å².